The lowest BCUT2D eigenvalue weighted by molar-refractivity contribution is -0.151. The van der Waals surface area contributed by atoms with E-state index in [1.807, 2.05) is 6.92 Å². The maximum Gasteiger partial charge on any atom is 0.334 e. The summed E-state index contributed by atoms with van der Waals surface area (Å²) >= 11 is 0. The van der Waals surface area contributed by atoms with Gasteiger partial charge in [-0.2, -0.15) is 0 Å². The Hall–Kier alpha value is -1.12. The molecule has 0 aromatic heterocycles. The van der Waals surface area contributed by atoms with Gasteiger partial charge in [-0.25, -0.2) is 4.79 Å². The van der Waals surface area contributed by atoms with E-state index >= 15 is 0 Å². The van der Waals surface area contributed by atoms with Crippen LogP contribution in [0.25, 0.3) is 0 Å². The van der Waals surface area contributed by atoms with E-state index in [4.69, 9.17) is 4.74 Å². The monoisotopic (exact) mass is 248 g/mol. The van der Waals surface area contributed by atoms with Crippen LogP contribution in [0.15, 0.2) is 12.2 Å². The molecule has 3 nitrogen and oxygen atoms in total. The summed E-state index contributed by atoms with van der Waals surface area (Å²) in [6.45, 7) is 8.11. The summed E-state index contributed by atoms with van der Waals surface area (Å²) < 4.78 is 5.53. The van der Waals surface area contributed by atoms with Crippen molar-refractivity contribution in [2.24, 2.45) is 23.2 Å². The van der Waals surface area contributed by atoms with E-state index in [-0.39, 0.29) is 23.8 Å². The molecule has 0 spiro atoms. The summed E-state index contributed by atoms with van der Waals surface area (Å²) in [5.74, 6) is 0.923. The Balaban J connectivity index is 2.07. The third kappa shape index (κ3) is 1.30. The van der Waals surface area contributed by atoms with Gasteiger partial charge in [0, 0.05) is 17.9 Å². The second kappa shape index (κ2) is 3.69. The van der Waals surface area contributed by atoms with Crippen LogP contribution in [0.2, 0.25) is 0 Å². The topological polar surface area (TPSA) is 43.4 Å². The fourth-order valence-corrected chi connectivity index (χ4v) is 4.42. The van der Waals surface area contributed by atoms with E-state index in [1.165, 1.54) is 0 Å². The fourth-order valence-electron chi connectivity index (χ4n) is 4.42. The Morgan fingerprint density at radius 2 is 2.00 bits per heavy atom. The molecule has 0 unspecified atom stereocenters. The van der Waals surface area contributed by atoms with Crippen LogP contribution in [0.1, 0.15) is 39.5 Å². The average Bonchev–Trinajstić information content (AvgIpc) is 2.75. The molecule has 3 fully saturated rings. The molecule has 3 rings (SSSR count). The minimum atomic E-state index is -0.477. The summed E-state index contributed by atoms with van der Waals surface area (Å²) in [5, 5.41) is 0. The van der Waals surface area contributed by atoms with Crippen molar-refractivity contribution in [3.8, 4) is 0 Å². The van der Waals surface area contributed by atoms with Crippen molar-refractivity contribution in [3.05, 3.63) is 12.2 Å². The molecule has 98 valence electrons. The molecule has 3 aliphatic rings. The minimum Gasteiger partial charge on any atom is -0.457 e. The van der Waals surface area contributed by atoms with Crippen molar-refractivity contribution in [1.82, 2.24) is 0 Å². The molecular weight excluding hydrogens is 228 g/mol. The van der Waals surface area contributed by atoms with Gasteiger partial charge in [0.1, 0.15) is 11.9 Å². The van der Waals surface area contributed by atoms with Crippen molar-refractivity contribution < 1.29 is 14.3 Å². The molecule has 3 heteroatoms. The lowest BCUT2D eigenvalue weighted by Gasteiger charge is -2.36. The highest BCUT2D eigenvalue weighted by Crippen LogP contribution is 2.56. The van der Waals surface area contributed by atoms with Crippen LogP contribution in [0.3, 0.4) is 0 Å². The van der Waals surface area contributed by atoms with E-state index in [2.05, 4.69) is 13.5 Å². The van der Waals surface area contributed by atoms with Gasteiger partial charge in [-0.1, -0.05) is 13.5 Å². The van der Waals surface area contributed by atoms with E-state index < -0.39 is 5.41 Å². The number of hydrogen-bond donors (Lipinski definition) is 0. The number of carbonyl (C=O) groups excluding carboxylic acids is 2. The molecule has 0 aromatic rings. The number of hydrogen-bond acceptors (Lipinski definition) is 3. The molecule has 0 amide bonds. The first kappa shape index (κ1) is 11.9. The van der Waals surface area contributed by atoms with Gasteiger partial charge in [-0.15, -0.1) is 0 Å². The Morgan fingerprint density at radius 3 is 2.72 bits per heavy atom. The summed E-state index contributed by atoms with van der Waals surface area (Å²) in [7, 11) is 0. The second-order valence-corrected chi connectivity index (χ2v) is 6.36. The van der Waals surface area contributed by atoms with Gasteiger partial charge in [0.2, 0.25) is 0 Å². The predicted octanol–water partition coefficient (Wildman–Crippen LogP) is 2.50. The van der Waals surface area contributed by atoms with Crippen molar-refractivity contribution in [1.29, 1.82) is 0 Å². The van der Waals surface area contributed by atoms with Crippen LogP contribution in [-0.2, 0) is 14.3 Å². The maximum atomic E-state index is 12.4. The molecule has 0 aromatic carbocycles. The van der Waals surface area contributed by atoms with Crippen molar-refractivity contribution in [3.63, 3.8) is 0 Å². The van der Waals surface area contributed by atoms with Gasteiger partial charge >= 0.3 is 5.97 Å². The quantitative estimate of drug-likeness (QED) is 0.488. The summed E-state index contributed by atoms with van der Waals surface area (Å²) in [4.78, 5) is 24.1. The first-order valence-electron chi connectivity index (χ1n) is 6.89. The van der Waals surface area contributed by atoms with Crippen LogP contribution in [0, 0.1) is 23.2 Å². The lowest BCUT2D eigenvalue weighted by Crippen LogP contribution is -2.44. The first-order valence-corrected chi connectivity index (χ1v) is 6.89. The molecule has 1 aliphatic heterocycles. The number of fused-ring (bicyclic) bond motifs is 3. The van der Waals surface area contributed by atoms with Crippen molar-refractivity contribution in [2.45, 2.75) is 45.6 Å². The minimum absolute atomic E-state index is 0.0528. The van der Waals surface area contributed by atoms with E-state index in [0.29, 0.717) is 23.8 Å². The molecule has 1 saturated heterocycles. The predicted molar refractivity (Wildman–Crippen MR) is 66.7 cm³/mol. The highest BCUT2D eigenvalue weighted by Gasteiger charge is 2.60. The standard InChI is InChI=1S/C15H20O3/c1-8-4-5-10-9(2)14(17)18-13(10)15(3)11(8)6-7-12(15)16/h8,10-11,13H,2,4-7H2,1,3H3/t8-,10-,11+,13+,15-/m0/s1. The van der Waals surface area contributed by atoms with Gasteiger partial charge in [-0.3, -0.25) is 4.79 Å². The zero-order valence-corrected chi connectivity index (χ0v) is 11.1. The smallest absolute Gasteiger partial charge is 0.334 e. The second-order valence-electron chi connectivity index (χ2n) is 6.36. The highest BCUT2D eigenvalue weighted by atomic mass is 16.6. The number of Topliss-reactive ketones (excluding diaryl/α,β-unsaturated/α-hetero) is 1. The number of esters is 1. The normalized spacial score (nSPS) is 47.6. The van der Waals surface area contributed by atoms with E-state index in [9.17, 15) is 9.59 Å². The van der Waals surface area contributed by atoms with Gasteiger partial charge in [0.05, 0.1) is 5.41 Å². The largest absolute Gasteiger partial charge is 0.457 e. The highest BCUT2D eigenvalue weighted by molar-refractivity contribution is 5.94. The Labute approximate surface area is 108 Å². The summed E-state index contributed by atoms with van der Waals surface area (Å²) in [6, 6.07) is 0. The Kier molecular flexibility index (Phi) is 2.45. The number of ketones is 1. The molecule has 2 saturated carbocycles. The molecule has 2 aliphatic carbocycles. The molecule has 18 heavy (non-hydrogen) atoms. The summed E-state index contributed by atoms with van der Waals surface area (Å²) in [5.41, 5.74) is 0.101. The summed E-state index contributed by atoms with van der Waals surface area (Å²) in [6.07, 6.45) is 3.31. The van der Waals surface area contributed by atoms with Crippen LogP contribution >= 0.6 is 0 Å². The molecule has 0 N–H and O–H groups in total. The molecule has 5 atom stereocenters. The van der Waals surface area contributed by atoms with Gasteiger partial charge < -0.3 is 4.74 Å². The average molecular weight is 248 g/mol. The van der Waals surface area contributed by atoms with Gasteiger partial charge in [0.15, 0.2) is 0 Å². The Morgan fingerprint density at radius 1 is 1.28 bits per heavy atom. The fraction of sp³-hybridized carbons (Fsp3) is 0.733. The number of rotatable bonds is 0. The lowest BCUT2D eigenvalue weighted by atomic mass is 9.68. The third-order valence-electron chi connectivity index (χ3n) is 5.57. The van der Waals surface area contributed by atoms with Gasteiger partial charge in [0.25, 0.3) is 0 Å². The van der Waals surface area contributed by atoms with Crippen molar-refractivity contribution >= 4 is 11.8 Å². The van der Waals surface area contributed by atoms with Crippen LogP contribution in [0.4, 0.5) is 0 Å². The first-order chi connectivity index (χ1) is 8.46. The molecule has 1 heterocycles. The van der Waals surface area contributed by atoms with Crippen LogP contribution < -0.4 is 0 Å². The number of ether oxygens (including phenoxy) is 1. The number of carbonyl (C=O) groups is 2. The zero-order valence-electron chi connectivity index (χ0n) is 11.1. The van der Waals surface area contributed by atoms with Gasteiger partial charge in [-0.05, 0) is 38.0 Å². The zero-order chi connectivity index (χ0) is 13.1. The molecule has 0 bridgehead atoms. The van der Waals surface area contributed by atoms with E-state index in [1.54, 1.807) is 0 Å². The maximum absolute atomic E-state index is 12.4. The van der Waals surface area contributed by atoms with Crippen LogP contribution in [0.5, 0.6) is 0 Å². The van der Waals surface area contributed by atoms with E-state index in [0.717, 1.165) is 19.3 Å². The third-order valence-corrected chi connectivity index (χ3v) is 5.57. The SMILES string of the molecule is C=C1C(=O)O[C@@H]2[C@H]1CC[C@H](C)[C@H]1CCC(=O)[C@]12C. The van der Waals surface area contributed by atoms with Crippen LogP contribution in [-0.4, -0.2) is 17.9 Å². The molecule has 0 radical (unpaired) electrons. The van der Waals surface area contributed by atoms with Crippen molar-refractivity contribution in [2.75, 3.05) is 0 Å². The Bertz CT molecular complexity index is 439. The molecular formula is C15H20O3.